The average Bonchev–Trinajstić information content (AvgIpc) is 3.55. The van der Waals surface area contributed by atoms with Crippen molar-refractivity contribution in [3.8, 4) is 0 Å². The van der Waals surface area contributed by atoms with Crippen LogP contribution in [-0.2, 0) is 36.8 Å². The lowest BCUT2D eigenvalue weighted by molar-refractivity contribution is -0.149. The molecule has 4 atom stereocenters. The van der Waals surface area contributed by atoms with Gasteiger partial charge in [-0.05, 0) is 24.8 Å². The molecular formula is C24H31N7O6. The maximum absolute atomic E-state index is 13.3. The number of carboxylic acid groups (broad SMARTS) is 1. The molecule has 2 aromatic rings. The fourth-order valence-electron chi connectivity index (χ4n) is 4.23. The minimum Gasteiger partial charge on any atom is -0.480 e. The quantitative estimate of drug-likeness (QED) is 0.195. The molecule has 1 aliphatic rings. The highest BCUT2D eigenvalue weighted by Crippen LogP contribution is 2.19. The number of aromatic amines is 1. The number of likely N-dealkylation sites (tertiary alicyclic amines) is 1. The predicted molar refractivity (Wildman–Crippen MR) is 130 cm³/mol. The van der Waals surface area contributed by atoms with Gasteiger partial charge in [-0.15, -0.1) is 0 Å². The van der Waals surface area contributed by atoms with Crippen LogP contribution >= 0.6 is 0 Å². The normalized spacial score (nSPS) is 17.4. The molecule has 1 fully saturated rings. The summed E-state index contributed by atoms with van der Waals surface area (Å²) in [6, 6.07) is 4.54. The Morgan fingerprint density at radius 2 is 1.78 bits per heavy atom. The zero-order valence-corrected chi connectivity index (χ0v) is 20.1. The Morgan fingerprint density at radius 3 is 2.41 bits per heavy atom. The number of amides is 4. The first-order valence-electron chi connectivity index (χ1n) is 11.8. The summed E-state index contributed by atoms with van der Waals surface area (Å²) in [6.45, 7) is 0.170. The number of carboxylic acids is 1. The van der Waals surface area contributed by atoms with E-state index in [4.69, 9.17) is 11.5 Å². The van der Waals surface area contributed by atoms with Gasteiger partial charge in [0.2, 0.25) is 23.6 Å². The second-order valence-electron chi connectivity index (χ2n) is 8.90. The highest BCUT2D eigenvalue weighted by atomic mass is 16.4. The number of hydrogen-bond donors (Lipinski definition) is 6. The Kier molecular flexibility index (Phi) is 9.33. The average molecular weight is 514 g/mol. The van der Waals surface area contributed by atoms with Gasteiger partial charge in [-0.1, -0.05) is 30.3 Å². The van der Waals surface area contributed by atoms with Gasteiger partial charge in [-0.2, -0.15) is 0 Å². The lowest BCUT2D eigenvalue weighted by Gasteiger charge is -2.28. The summed E-state index contributed by atoms with van der Waals surface area (Å²) in [6.07, 6.45) is 3.31. The van der Waals surface area contributed by atoms with E-state index in [1.165, 1.54) is 12.5 Å². The van der Waals surface area contributed by atoms with Crippen molar-refractivity contribution >= 4 is 29.6 Å². The van der Waals surface area contributed by atoms with E-state index < -0.39 is 60.2 Å². The summed E-state index contributed by atoms with van der Waals surface area (Å²) in [5.74, 6) is -4.12. The fourth-order valence-corrected chi connectivity index (χ4v) is 4.23. The van der Waals surface area contributed by atoms with E-state index >= 15 is 0 Å². The molecule has 3 rings (SSSR count). The third-order valence-corrected chi connectivity index (χ3v) is 6.09. The van der Waals surface area contributed by atoms with E-state index in [1.54, 1.807) is 0 Å². The van der Waals surface area contributed by atoms with Crippen LogP contribution in [0.4, 0.5) is 0 Å². The number of primary amides is 1. The number of aromatic nitrogens is 2. The topological polar surface area (TPSA) is 214 Å². The molecule has 198 valence electrons. The van der Waals surface area contributed by atoms with Gasteiger partial charge >= 0.3 is 5.97 Å². The summed E-state index contributed by atoms with van der Waals surface area (Å²) in [4.78, 5) is 70.3. The van der Waals surface area contributed by atoms with Crippen LogP contribution in [0.3, 0.4) is 0 Å². The first-order chi connectivity index (χ1) is 17.7. The number of nitrogens with two attached hydrogens (primary N) is 2. The molecule has 1 aromatic heterocycles. The molecule has 1 aliphatic heterocycles. The van der Waals surface area contributed by atoms with E-state index in [9.17, 15) is 29.1 Å². The first-order valence-corrected chi connectivity index (χ1v) is 11.8. The van der Waals surface area contributed by atoms with Crippen molar-refractivity contribution < 1.29 is 29.1 Å². The smallest absolute Gasteiger partial charge is 0.326 e. The second-order valence-corrected chi connectivity index (χ2v) is 8.90. The molecule has 13 heteroatoms. The highest BCUT2D eigenvalue weighted by molar-refractivity contribution is 5.96. The largest absolute Gasteiger partial charge is 0.480 e. The zero-order chi connectivity index (χ0) is 26.9. The number of benzene rings is 1. The van der Waals surface area contributed by atoms with Crippen molar-refractivity contribution in [2.45, 2.75) is 56.3 Å². The van der Waals surface area contributed by atoms with Gasteiger partial charge in [-0.3, -0.25) is 19.2 Å². The predicted octanol–water partition coefficient (Wildman–Crippen LogP) is -1.56. The molecular weight excluding hydrogens is 482 g/mol. The van der Waals surface area contributed by atoms with Crippen LogP contribution < -0.4 is 22.1 Å². The Hall–Kier alpha value is -4.26. The minimum atomic E-state index is -1.40. The minimum absolute atomic E-state index is 0.00538. The molecule has 0 saturated carbocycles. The second kappa shape index (κ2) is 12.6. The molecule has 4 amide bonds. The van der Waals surface area contributed by atoms with Gasteiger partial charge in [0.15, 0.2) is 0 Å². The third kappa shape index (κ3) is 7.61. The van der Waals surface area contributed by atoms with E-state index in [2.05, 4.69) is 20.6 Å². The molecule has 37 heavy (non-hydrogen) atoms. The SMILES string of the molecule is NC(=O)CC(NC(=O)C(Cc1cnc[nH]1)NC(=O)C(N)Cc1ccccc1)C(=O)N1CCCC1C(=O)O. The maximum Gasteiger partial charge on any atom is 0.326 e. The molecule has 8 N–H and O–H groups in total. The summed E-state index contributed by atoms with van der Waals surface area (Å²) >= 11 is 0. The third-order valence-electron chi connectivity index (χ3n) is 6.09. The summed E-state index contributed by atoms with van der Waals surface area (Å²) in [5.41, 5.74) is 12.7. The standard InChI is InChI=1S/C24H31N7O6/c25-16(9-14-5-2-1-3-6-14)21(33)29-17(10-15-12-27-13-28-15)22(34)30-18(11-20(26)32)23(35)31-8-4-7-19(31)24(36)37/h1-3,5-6,12-13,16-19H,4,7-11,25H2,(H2,26,32)(H,27,28)(H,29,33)(H,30,34)(H,36,37). The lowest BCUT2D eigenvalue weighted by Crippen LogP contribution is -2.58. The molecule has 0 spiro atoms. The number of H-pyrrole nitrogens is 1. The fraction of sp³-hybridized carbons (Fsp3) is 0.417. The molecule has 0 aliphatic carbocycles. The van der Waals surface area contributed by atoms with Crippen molar-refractivity contribution in [3.05, 3.63) is 54.1 Å². The van der Waals surface area contributed by atoms with Crippen LogP contribution in [0.2, 0.25) is 0 Å². The maximum atomic E-state index is 13.3. The molecule has 2 heterocycles. The van der Waals surface area contributed by atoms with Gasteiger partial charge in [0, 0.05) is 24.9 Å². The zero-order valence-electron chi connectivity index (χ0n) is 20.1. The van der Waals surface area contributed by atoms with Gasteiger partial charge < -0.3 is 37.1 Å². The van der Waals surface area contributed by atoms with Gasteiger partial charge in [-0.25, -0.2) is 9.78 Å². The Bertz CT molecular complexity index is 1110. The molecule has 4 unspecified atom stereocenters. The molecule has 1 aromatic carbocycles. The Morgan fingerprint density at radius 1 is 1.08 bits per heavy atom. The number of aliphatic carboxylic acids is 1. The number of rotatable bonds is 12. The van der Waals surface area contributed by atoms with Crippen LogP contribution in [0.5, 0.6) is 0 Å². The number of carbonyl (C=O) groups excluding carboxylic acids is 4. The Balaban J connectivity index is 1.75. The van der Waals surface area contributed by atoms with E-state index in [-0.39, 0.29) is 25.8 Å². The molecule has 1 saturated heterocycles. The number of nitrogens with one attached hydrogen (secondary N) is 3. The van der Waals surface area contributed by atoms with Crippen molar-refractivity contribution in [2.75, 3.05) is 6.54 Å². The van der Waals surface area contributed by atoms with Crippen LogP contribution in [0, 0.1) is 0 Å². The van der Waals surface area contributed by atoms with Crippen LogP contribution in [0.15, 0.2) is 42.9 Å². The summed E-state index contributed by atoms with van der Waals surface area (Å²) < 4.78 is 0. The first kappa shape index (κ1) is 27.3. The van der Waals surface area contributed by atoms with Gasteiger partial charge in [0.25, 0.3) is 0 Å². The van der Waals surface area contributed by atoms with Crippen molar-refractivity contribution in [1.82, 2.24) is 25.5 Å². The van der Waals surface area contributed by atoms with Crippen molar-refractivity contribution in [3.63, 3.8) is 0 Å². The van der Waals surface area contributed by atoms with Crippen molar-refractivity contribution in [1.29, 1.82) is 0 Å². The van der Waals surface area contributed by atoms with Gasteiger partial charge in [0.1, 0.15) is 18.1 Å². The van der Waals surface area contributed by atoms with E-state index in [0.717, 1.165) is 10.5 Å². The van der Waals surface area contributed by atoms with E-state index in [0.29, 0.717) is 12.1 Å². The highest BCUT2D eigenvalue weighted by Gasteiger charge is 2.39. The number of nitrogens with zero attached hydrogens (tertiary/aromatic N) is 2. The Labute approximate surface area is 213 Å². The van der Waals surface area contributed by atoms with Crippen molar-refractivity contribution in [2.24, 2.45) is 11.5 Å². The van der Waals surface area contributed by atoms with Crippen LogP contribution in [-0.4, -0.2) is 80.3 Å². The number of imidazole rings is 1. The molecule has 0 bridgehead atoms. The summed E-state index contributed by atoms with van der Waals surface area (Å²) in [7, 11) is 0. The van der Waals surface area contributed by atoms with Crippen LogP contribution in [0.25, 0.3) is 0 Å². The molecule has 0 radical (unpaired) electrons. The van der Waals surface area contributed by atoms with Gasteiger partial charge in [0.05, 0.1) is 18.8 Å². The summed E-state index contributed by atoms with van der Waals surface area (Å²) in [5, 5.41) is 14.5. The number of hydrogen-bond acceptors (Lipinski definition) is 7. The number of carbonyl (C=O) groups is 5. The van der Waals surface area contributed by atoms with E-state index in [1.807, 2.05) is 30.3 Å². The lowest BCUT2D eigenvalue weighted by atomic mass is 10.0. The molecule has 13 nitrogen and oxygen atoms in total. The monoisotopic (exact) mass is 513 g/mol. The van der Waals surface area contributed by atoms with Crippen LogP contribution in [0.1, 0.15) is 30.5 Å².